The normalized spacial score (nSPS) is 13.3. The Morgan fingerprint density at radius 3 is 1.03 bits per heavy atom. The van der Waals surface area contributed by atoms with Crippen LogP contribution < -0.4 is 0 Å². The molecule has 0 aliphatic carbocycles. The summed E-state index contributed by atoms with van der Waals surface area (Å²) >= 11 is 0. The van der Waals surface area contributed by atoms with Crippen LogP contribution in [0, 0.1) is 0 Å². The van der Waals surface area contributed by atoms with E-state index in [1.807, 2.05) is 21.1 Å². The van der Waals surface area contributed by atoms with Crippen molar-refractivity contribution in [1.29, 1.82) is 0 Å². The first-order valence-electron chi connectivity index (χ1n) is 26.8. The summed E-state index contributed by atoms with van der Waals surface area (Å²) < 4.78 is 34.3. The number of ether oxygens (including phenoxy) is 2. The van der Waals surface area contributed by atoms with Gasteiger partial charge < -0.3 is 18.9 Å². The molecule has 0 aromatic rings. The largest absolute Gasteiger partial charge is 0.472 e. The number of rotatable bonds is 50. The maximum atomic E-state index is 12.7. The molecule has 0 saturated heterocycles. The lowest BCUT2D eigenvalue weighted by Crippen LogP contribution is -2.37. The zero-order valence-electron chi connectivity index (χ0n) is 41.9. The summed E-state index contributed by atoms with van der Waals surface area (Å²) in [6.07, 6.45) is 49.3. The van der Waals surface area contributed by atoms with E-state index in [4.69, 9.17) is 18.5 Å². The Morgan fingerprint density at radius 2 is 0.726 bits per heavy atom. The van der Waals surface area contributed by atoms with Crippen molar-refractivity contribution in [3.63, 3.8) is 0 Å². The molecular weight excluding hydrogens is 798 g/mol. The molecule has 0 heterocycles. The summed E-state index contributed by atoms with van der Waals surface area (Å²) in [5, 5.41) is 0. The van der Waals surface area contributed by atoms with E-state index in [1.54, 1.807) is 0 Å². The Labute approximate surface area is 384 Å². The first-order valence-corrected chi connectivity index (χ1v) is 28.3. The van der Waals surface area contributed by atoms with Crippen LogP contribution in [0.2, 0.25) is 0 Å². The number of phosphoric acid groups is 1. The van der Waals surface area contributed by atoms with Gasteiger partial charge in [-0.25, -0.2) is 4.57 Å². The second-order valence-corrected chi connectivity index (χ2v) is 21.1. The van der Waals surface area contributed by atoms with Gasteiger partial charge in [-0.1, -0.05) is 245 Å². The van der Waals surface area contributed by atoms with Crippen LogP contribution in [-0.2, 0) is 32.7 Å². The van der Waals surface area contributed by atoms with Crippen LogP contribution in [0.25, 0.3) is 0 Å². The average Bonchev–Trinajstić information content (AvgIpc) is 3.23. The quantitative estimate of drug-likeness (QED) is 0.0278. The minimum atomic E-state index is -4.36. The maximum absolute atomic E-state index is 12.7. The van der Waals surface area contributed by atoms with Gasteiger partial charge in [-0.15, -0.1) is 0 Å². The lowest BCUT2D eigenvalue weighted by atomic mass is 10.0. The fourth-order valence-corrected chi connectivity index (χ4v) is 8.70. The van der Waals surface area contributed by atoms with Gasteiger partial charge in [0.15, 0.2) is 6.10 Å². The number of phosphoric ester groups is 1. The summed E-state index contributed by atoms with van der Waals surface area (Å²) in [6.45, 7) is 4.42. The molecule has 62 heavy (non-hydrogen) atoms. The summed E-state index contributed by atoms with van der Waals surface area (Å²) in [4.78, 5) is 35.3. The molecule has 0 bridgehead atoms. The number of hydrogen-bond acceptors (Lipinski definition) is 7. The van der Waals surface area contributed by atoms with Crippen LogP contribution in [-0.4, -0.2) is 74.9 Å². The van der Waals surface area contributed by atoms with Crippen molar-refractivity contribution < 1.29 is 42.1 Å². The first kappa shape index (κ1) is 61.0. The fraction of sp³-hybridized carbons (Fsp3) is 0.962. The van der Waals surface area contributed by atoms with E-state index >= 15 is 0 Å². The smallest absolute Gasteiger partial charge is 0.462 e. The van der Waals surface area contributed by atoms with E-state index in [0.29, 0.717) is 17.4 Å². The predicted octanol–water partition coefficient (Wildman–Crippen LogP) is 15.9. The molecule has 0 spiro atoms. The van der Waals surface area contributed by atoms with E-state index in [1.165, 1.54) is 205 Å². The summed E-state index contributed by atoms with van der Waals surface area (Å²) in [5.41, 5.74) is 0. The van der Waals surface area contributed by atoms with Crippen molar-refractivity contribution in [3.8, 4) is 0 Å². The lowest BCUT2D eigenvalue weighted by molar-refractivity contribution is -0.870. The maximum Gasteiger partial charge on any atom is 0.472 e. The molecule has 0 aliphatic rings. The number of esters is 2. The van der Waals surface area contributed by atoms with Crippen LogP contribution in [0.1, 0.15) is 271 Å². The van der Waals surface area contributed by atoms with E-state index < -0.39 is 26.5 Å². The highest BCUT2D eigenvalue weighted by atomic mass is 31.2. The number of hydrogen-bond donors (Lipinski definition) is 1. The van der Waals surface area contributed by atoms with Crippen molar-refractivity contribution >= 4 is 19.8 Å². The fourth-order valence-electron chi connectivity index (χ4n) is 7.96. The van der Waals surface area contributed by atoms with E-state index in [9.17, 15) is 19.0 Å². The number of quaternary nitrogens is 1. The Hall–Kier alpha value is -0.990. The zero-order chi connectivity index (χ0) is 45.7. The molecule has 0 aliphatic heterocycles. The molecule has 370 valence electrons. The SMILES string of the molecule is CCCCCCCCCCCCCCCCCCCCCCCCCCCCCCCCCC(=O)OC(COC(=O)CCCCCCCCC)COP(=O)(O)OCC[N+](C)(C)C. The standard InChI is InChI=1S/C52H104NO8P/c1-6-8-10-12-14-15-16-17-18-19-20-21-22-23-24-25-26-27-28-29-30-31-32-33-34-35-36-37-39-41-43-45-52(55)61-50(49-60-62(56,57)59-47-46-53(3,4)5)48-58-51(54)44-42-40-38-13-11-9-7-2/h50H,6-49H2,1-5H3/p+1. The van der Waals surface area contributed by atoms with Gasteiger partial charge in [0.05, 0.1) is 27.7 Å². The summed E-state index contributed by atoms with van der Waals surface area (Å²) in [6, 6.07) is 0. The van der Waals surface area contributed by atoms with Gasteiger partial charge in [0.1, 0.15) is 19.8 Å². The van der Waals surface area contributed by atoms with Crippen molar-refractivity contribution in [1.82, 2.24) is 0 Å². The van der Waals surface area contributed by atoms with Gasteiger partial charge in [-0.3, -0.25) is 18.6 Å². The van der Waals surface area contributed by atoms with E-state index in [-0.39, 0.29) is 25.6 Å². The molecule has 1 N–H and O–H groups in total. The molecule has 2 atom stereocenters. The Kier molecular flexibility index (Phi) is 44.5. The van der Waals surface area contributed by atoms with Gasteiger partial charge in [-0.05, 0) is 12.8 Å². The lowest BCUT2D eigenvalue weighted by Gasteiger charge is -2.24. The van der Waals surface area contributed by atoms with Crippen LogP contribution >= 0.6 is 7.82 Å². The Bertz CT molecular complexity index is 1020. The van der Waals surface area contributed by atoms with E-state index in [2.05, 4.69) is 13.8 Å². The van der Waals surface area contributed by atoms with Crippen molar-refractivity contribution in [2.24, 2.45) is 0 Å². The molecule has 0 aromatic carbocycles. The first-order chi connectivity index (χ1) is 30.0. The van der Waals surface area contributed by atoms with Crippen molar-refractivity contribution in [2.75, 3.05) is 47.5 Å². The molecule has 2 unspecified atom stereocenters. The molecule has 10 heteroatoms. The van der Waals surface area contributed by atoms with Crippen LogP contribution in [0.5, 0.6) is 0 Å². The molecule has 0 radical (unpaired) electrons. The molecule has 0 amide bonds. The second kappa shape index (κ2) is 45.2. The monoisotopic (exact) mass is 903 g/mol. The Balaban J connectivity index is 3.87. The minimum absolute atomic E-state index is 0.0366. The third kappa shape index (κ3) is 48.5. The summed E-state index contributed by atoms with van der Waals surface area (Å²) in [7, 11) is 1.49. The van der Waals surface area contributed by atoms with Gasteiger partial charge in [0.2, 0.25) is 0 Å². The Morgan fingerprint density at radius 1 is 0.435 bits per heavy atom. The van der Waals surface area contributed by atoms with Crippen LogP contribution in [0.15, 0.2) is 0 Å². The third-order valence-corrected chi connectivity index (χ3v) is 13.1. The second-order valence-electron chi connectivity index (χ2n) is 19.6. The van der Waals surface area contributed by atoms with Crippen molar-refractivity contribution in [2.45, 2.75) is 277 Å². The van der Waals surface area contributed by atoms with Crippen LogP contribution in [0.3, 0.4) is 0 Å². The molecule has 0 aromatic heterocycles. The molecule has 0 saturated carbocycles. The van der Waals surface area contributed by atoms with Crippen LogP contribution in [0.4, 0.5) is 0 Å². The minimum Gasteiger partial charge on any atom is -0.462 e. The molecular formula is C52H105NO8P+. The molecule has 0 fully saturated rings. The van der Waals surface area contributed by atoms with Crippen molar-refractivity contribution in [3.05, 3.63) is 0 Å². The predicted molar refractivity (Wildman–Crippen MR) is 261 cm³/mol. The van der Waals surface area contributed by atoms with Gasteiger partial charge in [0, 0.05) is 12.8 Å². The highest BCUT2D eigenvalue weighted by Crippen LogP contribution is 2.43. The third-order valence-electron chi connectivity index (χ3n) is 12.1. The number of likely N-dealkylation sites (N-methyl/N-ethyl adjacent to an activating group) is 1. The highest BCUT2D eigenvalue weighted by Gasteiger charge is 2.27. The van der Waals surface area contributed by atoms with Gasteiger partial charge >= 0.3 is 19.8 Å². The summed E-state index contributed by atoms with van der Waals surface area (Å²) in [5.74, 6) is -0.789. The number of carbonyl (C=O) groups is 2. The van der Waals surface area contributed by atoms with E-state index in [0.717, 1.165) is 38.5 Å². The number of nitrogens with zero attached hydrogens (tertiary/aromatic N) is 1. The number of carbonyl (C=O) groups excluding carboxylic acids is 2. The topological polar surface area (TPSA) is 108 Å². The van der Waals surface area contributed by atoms with Gasteiger partial charge in [-0.2, -0.15) is 0 Å². The zero-order valence-corrected chi connectivity index (χ0v) is 42.8. The molecule has 9 nitrogen and oxygen atoms in total. The average molecular weight is 903 g/mol. The highest BCUT2D eigenvalue weighted by molar-refractivity contribution is 7.47. The molecule has 0 rings (SSSR count). The number of unbranched alkanes of at least 4 members (excludes halogenated alkanes) is 36. The van der Waals surface area contributed by atoms with Gasteiger partial charge in [0.25, 0.3) is 0 Å².